The van der Waals surface area contributed by atoms with Crippen molar-refractivity contribution in [1.82, 2.24) is 0 Å². The van der Waals surface area contributed by atoms with Gasteiger partial charge >= 0.3 is 6.18 Å². The molecule has 0 spiro atoms. The molecule has 0 N–H and O–H groups in total. The highest BCUT2D eigenvalue weighted by atomic mass is 32.2. The molecule has 0 bridgehead atoms. The number of aldehydes is 1. The second-order valence-electron chi connectivity index (χ2n) is 7.85. The van der Waals surface area contributed by atoms with Crippen molar-refractivity contribution in [3.63, 3.8) is 0 Å². The lowest BCUT2D eigenvalue weighted by Gasteiger charge is -2.35. The molecule has 0 radical (unpaired) electrons. The van der Waals surface area contributed by atoms with Crippen LogP contribution in [0.2, 0.25) is 0 Å². The van der Waals surface area contributed by atoms with E-state index in [2.05, 4.69) is 0 Å². The molecule has 1 heterocycles. The zero-order valence-electron chi connectivity index (χ0n) is 17.9. The highest BCUT2D eigenvalue weighted by molar-refractivity contribution is 7.92. The number of sulfonamides is 1. The summed E-state index contributed by atoms with van der Waals surface area (Å²) >= 11 is 0. The Morgan fingerprint density at radius 2 is 1.80 bits per heavy atom. The molecule has 0 unspecified atom stereocenters. The quantitative estimate of drug-likeness (QED) is 0.320. The minimum Gasteiger partial charge on any atom is -0.486 e. The fraction of sp³-hybridized carbons (Fsp3) is 0.208. The highest BCUT2D eigenvalue weighted by Gasteiger charge is 2.37. The molecule has 184 valence electrons. The van der Waals surface area contributed by atoms with Gasteiger partial charge in [0, 0.05) is 12.0 Å². The molecule has 11 heteroatoms. The Morgan fingerprint density at radius 1 is 1.03 bits per heavy atom. The Balaban J connectivity index is 1.84. The van der Waals surface area contributed by atoms with Crippen LogP contribution in [0.5, 0.6) is 5.75 Å². The second kappa shape index (κ2) is 9.29. The summed E-state index contributed by atoms with van der Waals surface area (Å²) in [6, 6.07) is 10.2. The number of nitrogens with zero attached hydrogens (tertiary/aromatic N) is 1. The number of alkyl halides is 3. The number of carbonyl (C=O) groups is 1. The van der Waals surface area contributed by atoms with E-state index in [1.807, 2.05) is 0 Å². The molecular weight excluding hydrogens is 493 g/mol. The lowest BCUT2D eigenvalue weighted by Crippen LogP contribution is -2.43. The number of anilines is 1. The monoisotopic (exact) mass is 511 g/mol. The van der Waals surface area contributed by atoms with Gasteiger partial charge in [-0.15, -0.1) is 0 Å². The first-order chi connectivity index (χ1) is 16.5. The van der Waals surface area contributed by atoms with E-state index in [0.717, 1.165) is 40.7 Å². The van der Waals surface area contributed by atoms with Gasteiger partial charge in [-0.05, 0) is 60.5 Å². The van der Waals surface area contributed by atoms with Crippen molar-refractivity contribution in [2.75, 3.05) is 10.8 Å². The number of hydrogen-bond donors (Lipinski definition) is 0. The van der Waals surface area contributed by atoms with E-state index in [1.54, 1.807) is 0 Å². The summed E-state index contributed by atoms with van der Waals surface area (Å²) in [6.45, 7) is -0.297. The molecule has 0 amide bonds. The van der Waals surface area contributed by atoms with Crippen molar-refractivity contribution in [1.29, 1.82) is 0 Å². The standard InChI is InChI=1S/C24H18F5NO4S/c25-17-7-8-21(26)20(13-17)15-6-9-23-22(11-15)30(14-18(34-23)4-2-10-31)35(32,33)19-5-1-3-16(12-19)24(27,28)29/h1,3,5-13,18H,2,4,14H2/t18-/m0/s1. The van der Waals surface area contributed by atoms with Crippen LogP contribution in [0, 0.1) is 11.6 Å². The van der Waals surface area contributed by atoms with Crippen LogP contribution in [-0.2, 0) is 21.0 Å². The Labute approximate surface area is 197 Å². The third kappa shape index (κ3) is 5.00. The number of halogens is 5. The zero-order chi connectivity index (χ0) is 25.4. The molecule has 0 aliphatic carbocycles. The van der Waals surface area contributed by atoms with Gasteiger partial charge < -0.3 is 9.53 Å². The summed E-state index contributed by atoms with van der Waals surface area (Å²) in [5, 5.41) is 0. The molecule has 4 rings (SSSR count). The van der Waals surface area contributed by atoms with Crippen LogP contribution in [-0.4, -0.2) is 27.4 Å². The van der Waals surface area contributed by atoms with Gasteiger partial charge in [-0.1, -0.05) is 12.1 Å². The Kier molecular flexibility index (Phi) is 6.54. The lowest BCUT2D eigenvalue weighted by molar-refractivity contribution is -0.137. The number of hydrogen-bond acceptors (Lipinski definition) is 4. The van der Waals surface area contributed by atoms with Crippen molar-refractivity contribution >= 4 is 22.0 Å². The molecule has 1 atom stereocenters. The summed E-state index contributed by atoms with van der Waals surface area (Å²) in [4.78, 5) is 10.2. The van der Waals surface area contributed by atoms with Gasteiger partial charge in [0.15, 0.2) is 0 Å². The Hall–Kier alpha value is -3.47. The smallest absolute Gasteiger partial charge is 0.416 e. The summed E-state index contributed by atoms with van der Waals surface area (Å²) in [5.74, 6) is -1.39. The van der Waals surface area contributed by atoms with E-state index >= 15 is 0 Å². The predicted octanol–water partition coefficient (Wildman–Crippen LogP) is 5.59. The fourth-order valence-corrected chi connectivity index (χ4v) is 5.34. The fourth-order valence-electron chi connectivity index (χ4n) is 3.79. The third-order valence-electron chi connectivity index (χ3n) is 5.49. The normalized spacial score (nSPS) is 15.9. The summed E-state index contributed by atoms with van der Waals surface area (Å²) in [6.07, 6.45) is -4.64. The third-order valence-corrected chi connectivity index (χ3v) is 7.26. The van der Waals surface area contributed by atoms with Crippen molar-refractivity contribution in [2.45, 2.75) is 30.0 Å². The Morgan fingerprint density at radius 3 is 2.51 bits per heavy atom. The van der Waals surface area contributed by atoms with Crippen LogP contribution in [0.15, 0.2) is 65.6 Å². The number of ether oxygens (including phenoxy) is 1. The zero-order valence-corrected chi connectivity index (χ0v) is 18.7. The maximum Gasteiger partial charge on any atom is 0.416 e. The van der Waals surface area contributed by atoms with Gasteiger partial charge in [0.2, 0.25) is 0 Å². The first kappa shape index (κ1) is 24.6. The van der Waals surface area contributed by atoms with Gasteiger partial charge in [0.25, 0.3) is 10.0 Å². The first-order valence-corrected chi connectivity index (χ1v) is 11.8. The van der Waals surface area contributed by atoms with Crippen LogP contribution < -0.4 is 9.04 Å². The molecule has 0 aromatic heterocycles. The van der Waals surface area contributed by atoms with E-state index in [-0.39, 0.29) is 42.0 Å². The van der Waals surface area contributed by atoms with Crippen LogP contribution in [0.3, 0.4) is 0 Å². The van der Waals surface area contributed by atoms with E-state index in [1.165, 1.54) is 18.2 Å². The molecule has 0 fully saturated rings. The van der Waals surface area contributed by atoms with E-state index in [0.29, 0.717) is 12.4 Å². The van der Waals surface area contributed by atoms with Gasteiger partial charge in [0.1, 0.15) is 29.8 Å². The maximum atomic E-state index is 14.4. The lowest BCUT2D eigenvalue weighted by atomic mass is 10.0. The van der Waals surface area contributed by atoms with Gasteiger partial charge in [-0.25, -0.2) is 17.2 Å². The van der Waals surface area contributed by atoms with Crippen LogP contribution >= 0.6 is 0 Å². The SMILES string of the molecule is O=CCC[C@H]1CN(S(=O)(=O)c2cccc(C(F)(F)F)c2)c2cc(-c3cc(F)ccc3F)ccc2O1. The molecule has 0 saturated heterocycles. The van der Waals surface area contributed by atoms with Crippen LogP contribution in [0.25, 0.3) is 11.1 Å². The molecular formula is C24H18F5NO4S. The average molecular weight is 511 g/mol. The number of carbonyl (C=O) groups excluding carboxylic acids is 1. The second-order valence-corrected chi connectivity index (χ2v) is 9.71. The van der Waals surface area contributed by atoms with E-state index in [9.17, 15) is 35.2 Å². The number of fused-ring (bicyclic) bond motifs is 1. The summed E-state index contributed by atoms with van der Waals surface area (Å²) in [5.41, 5.74) is -1.18. The van der Waals surface area contributed by atoms with Crippen molar-refractivity contribution in [3.8, 4) is 16.9 Å². The Bertz CT molecular complexity index is 1370. The molecule has 3 aromatic carbocycles. The van der Waals surface area contributed by atoms with Gasteiger partial charge in [-0.3, -0.25) is 4.31 Å². The number of benzene rings is 3. The van der Waals surface area contributed by atoms with Crippen molar-refractivity contribution in [2.24, 2.45) is 0 Å². The molecule has 5 nitrogen and oxygen atoms in total. The largest absolute Gasteiger partial charge is 0.486 e. The summed E-state index contributed by atoms with van der Waals surface area (Å²) < 4.78 is 101. The average Bonchev–Trinajstić information content (AvgIpc) is 2.83. The van der Waals surface area contributed by atoms with Crippen molar-refractivity contribution in [3.05, 3.63) is 77.9 Å². The molecule has 1 aliphatic heterocycles. The maximum absolute atomic E-state index is 14.4. The molecule has 35 heavy (non-hydrogen) atoms. The van der Waals surface area contributed by atoms with Gasteiger partial charge in [0.05, 0.1) is 22.7 Å². The summed E-state index contributed by atoms with van der Waals surface area (Å²) in [7, 11) is -4.54. The van der Waals surface area contributed by atoms with Gasteiger partial charge in [-0.2, -0.15) is 13.2 Å². The van der Waals surface area contributed by atoms with Crippen LogP contribution in [0.1, 0.15) is 18.4 Å². The molecule has 1 aliphatic rings. The predicted molar refractivity (Wildman–Crippen MR) is 117 cm³/mol. The first-order valence-electron chi connectivity index (χ1n) is 10.4. The minimum absolute atomic E-state index is 0.0501. The van der Waals surface area contributed by atoms with E-state index < -0.39 is 44.4 Å². The minimum atomic E-state index is -4.76. The highest BCUT2D eigenvalue weighted by Crippen LogP contribution is 2.41. The van der Waals surface area contributed by atoms with Crippen LogP contribution in [0.4, 0.5) is 27.6 Å². The van der Waals surface area contributed by atoms with E-state index in [4.69, 9.17) is 4.74 Å². The molecule has 3 aromatic rings. The van der Waals surface area contributed by atoms with Crippen molar-refractivity contribution < 1.29 is 39.9 Å². The topological polar surface area (TPSA) is 63.7 Å². The molecule has 0 saturated carbocycles. The number of rotatable bonds is 6.